The molecule has 4 atom stereocenters. The Hall–Kier alpha value is -3.26. The van der Waals surface area contributed by atoms with Gasteiger partial charge in [-0.2, -0.15) is 0 Å². The van der Waals surface area contributed by atoms with Crippen LogP contribution in [0, 0.1) is 23.7 Å². The minimum absolute atomic E-state index is 0.108. The van der Waals surface area contributed by atoms with Gasteiger partial charge in [0, 0.05) is 10.2 Å². The highest BCUT2D eigenvalue weighted by Gasteiger charge is 2.60. The molecule has 1 heterocycles. The Balaban J connectivity index is 1.25. The van der Waals surface area contributed by atoms with Crippen molar-refractivity contribution in [3.8, 4) is 0 Å². The monoisotopic (exact) mass is 536 g/mol. The second-order valence-electron chi connectivity index (χ2n) is 9.31. The van der Waals surface area contributed by atoms with Crippen molar-refractivity contribution in [1.82, 2.24) is 0 Å². The molecule has 0 spiro atoms. The Kier molecular flexibility index (Phi) is 6.09. The summed E-state index contributed by atoms with van der Waals surface area (Å²) < 4.78 is 6.12. The number of imide groups is 1. The van der Waals surface area contributed by atoms with Crippen LogP contribution < -0.4 is 10.2 Å². The van der Waals surface area contributed by atoms with Crippen LogP contribution in [0.2, 0.25) is 0 Å². The summed E-state index contributed by atoms with van der Waals surface area (Å²) >= 11 is 3.41. The van der Waals surface area contributed by atoms with E-state index in [1.165, 1.54) is 22.6 Å². The second kappa shape index (κ2) is 9.07. The first-order valence-electron chi connectivity index (χ1n) is 11.7. The number of benzene rings is 2. The summed E-state index contributed by atoms with van der Waals surface area (Å²) in [5.41, 5.74) is 3.32. The molecule has 3 amide bonds. The van der Waals surface area contributed by atoms with Crippen molar-refractivity contribution in [3.05, 3.63) is 69.7 Å². The number of anilines is 2. The molecule has 5 rings (SSSR count). The van der Waals surface area contributed by atoms with Crippen LogP contribution in [0.5, 0.6) is 0 Å². The van der Waals surface area contributed by atoms with Crippen molar-refractivity contribution in [2.24, 2.45) is 23.7 Å². The molecule has 2 bridgehead atoms. The highest BCUT2D eigenvalue weighted by Crippen LogP contribution is 2.55. The maximum Gasteiger partial charge on any atom is 0.338 e. The minimum Gasteiger partial charge on any atom is -0.452 e. The van der Waals surface area contributed by atoms with Crippen molar-refractivity contribution in [3.63, 3.8) is 0 Å². The van der Waals surface area contributed by atoms with Crippen molar-refractivity contribution >= 4 is 51.0 Å². The van der Waals surface area contributed by atoms with Crippen molar-refractivity contribution in [1.29, 1.82) is 0 Å². The molecule has 180 valence electrons. The fraction of sp³-hybridized carbons (Fsp3) is 0.333. The predicted octanol–water partition coefficient (Wildman–Crippen LogP) is 4.51. The van der Waals surface area contributed by atoms with Gasteiger partial charge in [0.25, 0.3) is 5.91 Å². The van der Waals surface area contributed by atoms with Crippen LogP contribution >= 0.6 is 15.9 Å². The van der Waals surface area contributed by atoms with E-state index in [1.54, 1.807) is 18.2 Å². The Morgan fingerprint density at radius 3 is 2.66 bits per heavy atom. The van der Waals surface area contributed by atoms with E-state index in [1.807, 2.05) is 26.0 Å². The van der Waals surface area contributed by atoms with Crippen LogP contribution in [-0.4, -0.2) is 30.3 Å². The van der Waals surface area contributed by atoms with Crippen LogP contribution in [0.4, 0.5) is 11.4 Å². The van der Waals surface area contributed by atoms with Gasteiger partial charge in [0.05, 0.1) is 23.1 Å². The summed E-state index contributed by atoms with van der Waals surface area (Å²) in [6.45, 7) is 3.55. The standard InChI is InChI=1S/C27H25BrN2O5/c1-3-15-10-18(28)7-8-21(15)29-22(31)13-35-27(34)16-5-4-6-19(11-16)30-25(32)23-17-9-14(2)20(12-17)24(23)26(30)33/h4-11,17,20,23-24H,3,12-13H2,1-2H3,(H,29,31)/t17-,20+,23+,24+/m0/s1. The third-order valence-corrected chi connectivity index (χ3v) is 7.77. The molecule has 0 unspecified atom stereocenters. The normalized spacial score (nSPS) is 24.4. The number of carbonyl (C=O) groups excluding carboxylic acids is 4. The van der Waals surface area contributed by atoms with Gasteiger partial charge in [0.15, 0.2) is 6.61 Å². The highest BCUT2D eigenvalue weighted by atomic mass is 79.9. The van der Waals surface area contributed by atoms with Gasteiger partial charge in [0.2, 0.25) is 11.8 Å². The van der Waals surface area contributed by atoms with Gasteiger partial charge in [-0.05, 0) is 73.6 Å². The lowest BCUT2D eigenvalue weighted by atomic mass is 9.82. The number of fused-ring (bicyclic) bond motifs is 5. The third kappa shape index (κ3) is 4.10. The zero-order valence-corrected chi connectivity index (χ0v) is 21.0. The maximum absolute atomic E-state index is 13.2. The summed E-state index contributed by atoms with van der Waals surface area (Å²) in [4.78, 5) is 52.5. The molecule has 1 saturated heterocycles. The molecule has 1 N–H and O–H groups in total. The Bertz CT molecular complexity index is 1290. The SMILES string of the molecule is CCc1cc(Br)ccc1NC(=O)COC(=O)c1cccc(N2C(=O)[C@H]3[C@H](C2=O)[C@H]2C=C(C)[C@H]3C2)c1. The van der Waals surface area contributed by atoms with E-state index < -0.39 is 18.5 Å². The number of carbonyl (C=O) groups is 4. The van der Waals surface area contributed by atoms with Gasteiger partial charge >= 0.3 is 5.97 Å². The van der Waals surface area contributed by atoms with Crippen LogP contribution in [0.1, 0.15) is 36.2 Å². The smallest absolute Gasteiger partial charge is 0.338 e. The molecule has 35 heavy (non-hydrogen) atoms. The number of halogens is 1. The summed E-state index contributed by atoms with van der Waals surface area (Å²) in [6, 6.07) is 11.8. The molecule has 2 aliphatic carbocycles. The van der Waals surface area contributed by atoms with Gasteiger partial charge in [-0.25, -0.2) is 9.69 Å². The number of rotatable bonds is 6. The van der Waals surface area contributed by atoms with E-state index in [4.69, 9.17) is 4.74 Å². The number of hydrogen-bond donors (Lipinski definition) is 1. The number of hydrogen-bond acceptors (Lipinski definition) is 5. The predicted molar refractivity (Wildman–Crippen MR) is 134 cm³/mol. The lowest BCUT2D eigenvalue weighted by Gasteiger charge is -2.19. The van der Waals surface area contributed by atoms with Gasteiger partial charge < -0.3 is 10.1 Å². The lowest BCUT2D eigenvalue weighted by Crippen LogP contribution is -2.33. The quantitative estimate of drug-likeness (QED) is 0.333. The average Bonchev–Trinajstić information content (AvgIpc) is 3.48. The van der Waals surface area contributed by atoms with Crippen LogP contribution in [-0.2, 0) is 25.5 Å². The minimum atomic E-state index is -0.703. The fourth-order valence-corrected chi connectivity index (χ4v) is 6.09. The molecule has 7 nitrogen and oxygen atoms in total. The number of nitrogens with one attached hydrogen (secondary N) is 1. The number of ether oxygens (including phenoxy) is 1. The summed E-state index contributed by atoms with van der Waals surface area (Å²) in [5, 5.41) is 2.76. The van der Waals surface area contributed by atoms with Crippen molar-refractivity contribution in [2.45, 2.75) is 26.7 Å². The first-order valence-corrected chi connectivity index (χ1v) is 12.5. The van der Waals surface area contributed by atoms with Crippen molar-refractivity contribution in [2.75, 3.05) is 16.8 Å². The molecular formula is C27H25BrN2O5. The number of allylic oxidation sites excluding steroid dienone is 2. The van der Waals surface area contributed by atoms with Gasteiger partial charge in [-0.3, -0.25) is 14.4 Å². The third-order valence-electron chi connectivity index (χ3n) is 7.28. The van der Waals surface area contributed by atoms with E-state index in [2.05, 4.69) is 27.3 Å². The van der Waals surface area contributed by atoms with Crippen molar-refractivity contribution < 1.29 is 23.9 Å². The van der Waals surface area contributed by atoms with Gasteiger partial charge in [0.1, 0.15) is 0 Å². The Morgan fingerprint density at radius 2 is 1.89 bits per heavy atom. The lowest BCUT2D eigenvalue weighted by molar-refractivity contribution is -0.123. The highest BCUT2D eigenvalue weighted by molar-refractivity contribution is 9.10. The summed E-state index contributed by atoms with van der Waals surface area (Å²) in [5.74, 6) is -1.97. The van der Waals surface area contributed by atoms with E-state index in [-0.39, 0.29) is 41.0 Å². The number of amides is 3. The molecule has 2 aromatic rings. The Labute approximate surface area is 211 Å². The molecule has 3 aliphatic rings. The van der Waals surface area contributed by atoms with E-state index in [0.29, 0.717) is 11.4 Å². The number of esters is 1. The molecule has 8 heteroatoms. The van der Waals surface area contributed by atoms with Gasteiger partial charge in [-0.15, -0.1) is 0 Å². The molecule has 2 aromatic carbocycles. The zero-order valence-electron chi connectivity index (χ0n) is 19.4. The van der Waals surface area contributed by atoms with Crippen LogP contribution in [0.15, 0.2) is 58.6 Å². The zero-order chi connectivity index (χ0) is 24.9. The van der Waals surface area contributed by atoms with E-state index in [9.17, 15) is 19.2 Å². The molecule has 1 saturated carbocycles. The fourth-order valence-electron chi connectivity index (χ4n) is 5.68. The molecule has 0 aromatic heterocycles. The largest absolute Gasteiger partial charge is 0.452 e. The van der Waals surface area contributed by atoms with E-state index in [0.717, 1.165) is 22.9 Å². The van der Waals surface area contributed by atoms with Crippen LogP contribution in [0.3, 0.4) is 0 Å². The molecule has 2 fully saturated rings. The molecule has 1 aliphatic heterocycles. The van der Waals surface area contributed by atoms with Gasteiger partial charge in [-0.1, -0.05) is 40.6 Å². The first kappa shape index (κ1) is 23.5. The van der Waals surface area contributed by atoms with E-state index >= 15 is 0 Å². The second-order valence-corrected chi connectivity index (χ2v) is 10.2. The Morgan fingerprint density at radius 1 is 1.11 bits per heavy atom. The summed E-state index contributed by atoms with van der Waals surface area (Å²) in [6.07, 6.45) is 3.71. The summed E-state index contributed by atoms with van der Waals surface area (Å²) in [7, 11) is 0. The topological polar surface area (TPSA) is 92.8 Å². The van der Waals surface area contributed by atoms with Crippen LogP contribution in [0.25, 0.3) is 0 Å². The number of nitrogens with zero attached hydrogens (tertiary/aromatic N) is 1. The average molecular weight is 537 g/mol. The molecular weight excluding hydrogens is 512 g/mol. The molecule has 0 radical (unpaired) electrons. The maximum atomic E-state index is 13.2. The first-order chi connectivity index (χ1) is 16.8. The number of aryl methyl sites for hydroxylation is 1.